The molecule has 1 aromatic carbocycles. The fourth-order valence-corrected chi connectivity index (χ4v) is 1.66. The minimum atomic E-state index is -3.72. The van der Waals surface area contributed by atoms with Gasteiger partial charge in [-0.1, -0.05) is 24.3 Å². The quantitative estimate of drug-likeness (QED) is 0.815. The molecular weight excluding hydrogens is 230 g/mol. The minimum absolute atomic E-state index is 0.00461. The monoisotopic (exact) mass is 241 g/mol. The van der Waals surface area contributed by atoms with Crippen molar-refractivity contribution in [1.29, 1.82) is 0 Å². The number of rotatable bonds is 4. The average Bonchev–Trinajstić information content (AvgIpc) is 2.16. The third-order valence-electron chi connectivity index (χ3n) is 1.79. The first-order valence-electron chi connectivity index (χ1n) is 4.41. The van der Waals surface area contributed by atoms with Crippen LogP contribution in [-0.2, 0) is 14.8 Å². The average molecular weight is 241 g/mol. The molecule has 0 unspecified atom stereocenters. The second-order valence-corrected chi connectivity index (χ2v) is 4.68. The van der Waals surface area contributed by atoms with Gasteiger partial charge < -0.3 is 5.11 Å². The molecule has 0 spiro atoms. The summed E-state index contributed by atoms with van der Waals surface area (Å²) < 4.78 is 22.1. The Kier molecular flexibility index (Phi) is 3.81. The number of hydrogen-bond acceptors (Lipinski definition) is 3. The zero-order valence-corrected chi connectivity index (χ0v) is 9.15. The molecule has 5 nitrogen and oxygen atoms in total. The van der Waals surface area contributed by atoms with Gasteiger partial charge in [0.25, 0.3) is 0 Å². The van der Waals surface area contributed by atoms with Crippen LogP contribution in [0.25, 0.3) is 6.08 Å². The van der Waals surface area contributed by atoms with Crippen molar-refractivity contribution < 1.29 is 18.3 Å². The molecule has 0 radical (unpaired) electrons. The second kappa shape index (κ2) is 4.91. The van der Waals surface area contributed by atoms with Gasteiger partial charge >= 0.3 is 5.97 Å². The fourth-order valence-electron chi connectivity index (χ4n) is 1.09. The highest BCUT2D eigenvalue weighted by molar-refractivity contribution is 7.89. The van der Waals surface area contributed by atoms with Crippen LogP contribution >= 0.6 is 0 Å². The normalized spacial score (nSPS) is 11.8. The summed E-state index contributed by atoms with van der Waals surface area (Å²) in [7, 11) is -3.72. The number of hydrogen-bond donors (Lipinski definition) is 2. The Morgan fingerprint density at radius 2 is 2.12 bits per heavy atom. The number of benzene rings is 1. The standard InChI is InChI=1S/C10H11NO4S/c11-16(14,15)9-5-1-3-8(7-9)4-2-6-10(12)13/h1-5,7H,6H2,(H,12,13)(H2,11,14,15). The minimum Gasteiger partial charge on any atom is -0.481 e. The molecule has 1 rings (SSSR count). The highest BCUT2D eigenvalue weighted by Gasteiger charge is 2.06. The maximum Gasteiger partial charge on any atom is 0.307 e. The molecule has 0 aliphatic heterocycles. The molecule has 0 aliphatic rings. The molecule has 0 amide bonds. The van der Waals surface area contributed by atoms with Crippen molar-refractivity contribution in [3.8, 4) is 0 Å². The molecule has 0 aromatic heterocycles. The van der Waals surface area contributed by atoms with Crippen LogP contribution in [0.3, 0.4) is 0 Å². The van der Waals surface area contributed by atoms with Crippen molar-refractivity contribution >= 4 is 22.1 Å². The lowest BCUT2D eigenvalue weighted by Gasteiger charge is -1.99. The van der Waals surface area contributed by atoms with Crippen molar-refractivity contribution in [3.05, 3.63) is 35.9 Å². The van der Waals surface area contributed by atoms with E-state index in [2.05, 4.69) is 0 Å². The molecule has 0 fully saturated rings. The Labute approximate surface area is 93.3 Å². The summed E-state index contributed by atoms with van der Waals surface area (Å²) in [6.07, 6.45) is 2.85. The van der Waals surface area contributed by atoms with Crippen LogP contribution in [0.15, 0.2) is 35.2 Å². The zero-order valence-electron chi connectivity index (χ0n) is 8.33. The maximum atomic E-state index is 11.0. The van der Waals surface area contributed by atoms with Gasteiger partial charge in [-0.25, -0.2) is 13.6 Å². The van der Waals surface area contributed by atoms with Gasteiger partial charge in [-0.3, -0.25) is 4.79 Å². The smallest absolute Gasteiger partial charge is 0.307 e. The number of primary sulfonamides is 1. The van der Waals surface area contributed by atoms with Crippen LogP contribution in [0.5, 0.6) is 0 Å². The van der Waals surface area contributed by atoms with Crippen LogP contribution in [0.4, 0.5) is 0 Å². The maximum absolute atomic E-state index is 11.0. The Morgan fingerprint density at radius 1 is 1.44 bits per heavy atom. The zero-order chi connectivity index (χ0) is 12.2. The Hall–Kier alpha value is -1.66. The van der Waals surface area contributed by atoms with Crippen LogP contribution < -0.4 is 5.14 Å². The first-order valence-corrected chi connectivity index (χ1v) is 5.95. The Bertz CT molecular complexity index is 519. The Morgan fingerprint density at radius 3 is 2.69 bits per heavy atom. The van der Waals surface area contributed by atoms with Crippen molar-refractivity contribution in [2.75, 3.05) is 0 Å². The summed E-state index contributed by atoms with van der Waals surface area (Å²) in [4.78, 5) is 10.3. The van der Waals surface area contributed by atoms with Crippen LogP contribution in [0.1, 0.15) is 12.0 Å². The number of carbonyl (C=O) groups is 1. The van der Waals surface area contributed by atoms with Crippen LogP contribution in [0.2, 0.25) is 0 Å². The number of aliphatic carboxylic acids is 1. The molecule has 1 aromatic rings. The van der Waals surface area contributed by atoms with E-state index >= 15 is 0 Å². The fraction of sp³-hybridized carbons (Fsp3) is 0.100. The van der Waals surface area contributed by atoms with Crippen molar-refractivity contribution in [2.24, 2.45) is 5.14 Å². The number of carboxylic acid groups (broad SMARTS) is 1. The largest absolute Gasteiger partial charge is 0.481 e. The summed E-state index contributed by atoms with van der Waals surface area (Å²) in [5.74, 6) is -0.946. The van der Waals surface area contributed by atoms with E-state index in [-0.39, 0.29) is 11.3 Å². The van der Waals surface area contributed by atoms with E-state index in [9.17, 15) is 13.2 Å². The molecule has 0 atom stereocenters. The molecule has 0 saturated heterocycles. The van der Waals surface area contributed by atoms with Crippen molar-refractivity contribution in [2.45, 2.75) is 11.3 Å². The van der Waals surface area contributed by atoms with Gasteiger partial charge in [-0.05, 0) is 17.7 Å². The van der Waals surface area contributed by atoms with Gasteiger partial charge in [0, 0.05) is 0 Å². The third-order valence-corrected chi connectivity index (χ3v) is 2.70. The van der Waals surface area contributed by atoms with Crippen LogP contribution in [-0.4, -0.2) is 19.5 Å². The highest BCUT2D eigenvalue weighted by atomic mass is 32.2. The molecule has 16 heavy (non-hydrogen) atoms. The molecule has 0 saturated carbocycles. The van der Waals surface area contributed by atoms with E-state index in [0.717, 1.165) is 0 Å². The van der Waals surface area contributed by atoms with E-state index in [4.69, 9.17) is 10.2 Å². The Balaban J connectivity index is 2.92. The summed E-state index contributed by atoms with van der Waals surface area (Å²) in [6.45, 7) is 0. The lowest BCUT2D eigenvalue weighted by Crippen LogP contribution is -2.11. The van der Waals surface area contributed by atoms with Gasteiger partial charge in [0.05, 0.1) is 11.3 Å². The van der Waals surface area contributed by atoms with Crippen LogP contribution in [0, 0.1) is 0 Å². The summed E-state index contributed by atoms with van der Waals surface area (Å²) >= 11 is 0. The predicted octanol–water partition coefficient (Wildman–Crippen LogP) is 0.822. The molecule has 0 heterocycles. The summed E-state index contributed by atoms with van der Waals surface area (Å²) in [6, 6.07) is 5.96. The van der Waals surface area contributed by atoms with Gasteiger partial charge in [-0.15, -0.1) is 0 Å². The van der Waals surface area contributed by atoms with Gasteiger partial charge in [-0.2, -0.15) is 0 Å². The molecule has 6 heteroatoms. The molecule has 0 bridgehead atoms. The SMILES string of the molecule is NS(=O)(=O)c1cccc(C=CCC(=O)O)c1. The molecular formula is C10H11NO4S. The molecule has 86 valence electrons. The summed E-state index contributed by atoms with van der Waals surface area (Å²) in [5, 5.41) is 13.4. The third kappa shape index (κ3) is 3.84. The number of sulfonamides is 1. The predicted molar refractivity (Wildman–Crippen MR) is 59.1 cm³/mol. The van der Waals surface area contributed by atoms with E-state index in [0.29, 0.717) is 5.56 Å². The van der Waals surface area contributed by atoms with Gasteiger partial charge in [0.2, 0.25) is 10.0 Å². The lowest BCUT2D eigenvalue weighted by molar-refractivity contribution is -0.135. The van der Waals surface area contributed by atoms with Crippen molar-refractivity contribution in [3.63, 3.8) is 0 Å². The topological polar surface area (TPSA) is 97.5 Å². The van der Waals surface area contributed by atoms with E-state index in [1.54, 1.807) is 12.1 Å². The van der Waals surface area contributed by atoms with Crippen molar-refractivity contribution in [1.82, 2.24) is 0 Å². The van der Waals surface area contributed by atoms with Gasteiger partial charge in [0.15, 0.2) is 0 Å². The lowest BCUT2D eigenvalue weighted by atomic mass is 10.2. The van der Waals surface area contributed by atoms with E-state index in [1.165, 1.54) is 24.3 Å². The first kappa shape index (κ1) is 12.4. The second-order valence-electron chi connectivity index (χ2n) is 3.12. The van der Waals surface area contributed by atoms with E-state index < -0.39 is 16.0 Å². The highest BCUT2D eigenvalue weighted by Crippen LogP contribution is 2.11. The number of nitrogens with two attached hydrogens (primary N) is 1. The number of carboxylic acids is 1. The summed E-state index contributed by atoms with van der Waals surface area (Å²) in [5.41, 5.74) is 0.591. The molecule has 3 N–H and O–H groups in total. The molecule has 0 aliphatic carbocycles. The van der Waals surface area contributed by atoms with E-state index in [1.807, 2.05) is 0 Å². The first-order chi connectivity index (χ1) is 7.39. The van der Waals surface area contributed by atoms with Gasteiger partial charge in [0.1, 0.15) is 0 Å².